The topological polar surface area (TPSA) is 171 Å². The van der Waals surface area contributed by atoms with Crippen LogP contribution in [0.5, 0.6) is 11.5 Å². The van der Waals surface area contributed by atoms with Crippen molar-refractivity contribution in [2.75, 3.05) is 40.4 Å². The van der Waals surface area contributed by atoms with Crippen molar-refractivity contribution in [1.29, 1.82) is 0 Å². The van der Waals surface area contributed by atoms with Gasteiger partial charge >= 0.3 is 12.1 Å². The number of amides is 2. The van der Waals surface area contributed by atoms with Crippen LogP contribution >= 0.6 is 0 Å². The molecule has 0 aliphatic carbocycles. The molecule has 0 unspecified atom stereocenters. The Kier molecular flexibility index (Phi) is 17.4. The number of hydrogen-bond acceptors (Lipinski definition) is 9. The molecular formula is C52H53F4N9O7. The van der Waals surface area contributed by atoms with E-state index in [2.05, 4.69) is 37.4 Å². The zero-order valence-electron chi connectivity index (χ0n) is 40.4. The van der Waals surface area contributed by atoms with E-state index in [1.807, 2.05) is 0 Å². The SMILES string of the molecule is C[C@@H]1CCNC1.[C-]#[N+]c1ccc(-c2nn(CC(=O)N3CC[C@@H](NC(=O)OC(C)(C)C)C3)cc2-c2ccc(OC)c(F)c2)cc1F.[C-]#[N+]c1ccc(-c2nn(CC(=O)O)cc2-c2ccc(OC)c(F)c2)cc1F. The molecule has 2 aliphatic rings. The Morgan fingerprint density at radius 3 is 1.62 bits per heavy atom. The van der Waals surface area contributed by atoms with Gasteiger partial charge in [0.1, 0.15) is 41.7 Å². The summed E-state index contributed by atoms with van der Waals surface area (Å²) >= 11 is 0. The van der Waals surface area contributed by atoms with Crippen LogP contribution in [0.25, 0.3) is 54.5 Å². The van der Waals surface area contributed by atoms with E-state index in [9.17, 15) is 31.9 Å². The second-order valence-corrected chi connectivity index (χ2v) is 17.9. The van der Waals surface area contributed by atoms with Gasteiger partial charge in [0.25, 0.3) is 0 Å². The summed E-state index contributed by atoms with van der Waals surface area (Å²) in [4.78, 5) is 44.0. The lowest BCUT2D eigenvalue weighted by atomic mass is 10.0. The Labute approximate surface area is 413 Å². The molecule has 8 rings (SSSR count). The zero-order chi connectivity index (χ0) is 52.3. The van der Waals surface area contributed by atoms with E-state index in [4.69, 9.17) is 32.5 Å². The number of alkyl carbamates (subject to hydrolysis) is 1. The lowest BCUT2D eigenvalue weighted by Gasteiger charge is -2.22. The molecule has 4 heterocycles. The molecule has 72 heavy (non-hydrogen) atoms. The molecule has 0 spiro atoms. The summed E-state index contributed by atoms with van der Waals surface area (Å²) in [5.74, 6) is -2.87. The molecule has 2 atom stereocenters. The molecule has 16 nitrogen and oxygen atoms in total. The fourth-order valence-corrected chi connectivity index (χ4v) is 7.77. The first-order chi connectivity index (χ1) is 34.3. The number of nitrogens with zero attached hydrogens (tertiary/aromatic N) is 7. The van der Waals surface area contributed by atoms with Gasteiger partial charge in [-0.15, -0.1) is 0 Å². The first kappa shape index (κ1) is 53.1. The van der Waals surface area contributed by atoms with Crippen LogP contribution in [-0.2, 0) is 27.4 Å². The standard InChI is InChI=1S/C28H29F2N5O4.C19H13F2N3O3.C5H11N/c1-28(2,3)39-27(37)32-19-10-11-34(14-19)25(36)16-35-15-20(17-7-9-24(38-5)22(30)12-17)26(33-35)18-6-8-23(31-4)21(29)13-18;1-22-16-5-3-12(8-14(16)20)19-13(9-24(23-19)10-18(25)26)11-4-6-17(27-2)15(21)7-11;1-5-2-3-6-4-5/h6-9,12-13,15,19H,10-11,14,16H2,1-3,5H3,(H,32,37);3-9H,10H2,2H3,(H,25,26);5-6H,2-4H2,1H3/t19-;;5-/m1.1/s1. The van der Waals surface area contributed by atoms with Crippen molar-refractivity contribution in [3.05, 3.63) is 131 Å². The van der Waals surface area contributed by atoms with Crippen LogP contribution < -0.4 is 20.1 Å². The Bertz CT molecular complexity index is 3020. The van der Waals surface area contributed by atoms with Crippen LogP contribution in [0.4, 0.5) is 33.7 Å². The number of ether oxygens (including phenoxy) is 3. The van der Waals surface area contributed by atoms with E-state index in [0.717, 1.165) is 12.0 Å². The van der Waals surface area contributed by atoms with E-state index in [1.165, 1.54) is 97.8 Å². The minimum Gasteiger partial charge on any atom is -0.494 e. The molecule has 2 amide bonds. The summed E-state index contributed by atoms with van der Waals surface area (Å²) in [6.07, 6.45) is 4.47. The third-order valence-electron chi connectivity index (χ3n) is 11.3. The molecule has 0 bridgehead atoms. The van der Waals surface area contributed by atoms with Crippen molar-refractivity contribution in [3.63, 3.8) is 0 Å². The van der Waals surface area contributed by atoms with Gasteiger partial charge in [-0.3, -0.25) is 19.0 Å². The van der Waals surface area contributed by atoms with Gasteiger partial charge in [-0.25, -0.2) is 32.0 Å². The molecule has 0 radical (unpaired) electrons. The summed E-state index contributed by atoms with van der Waals surface area (Å²) in [6.45, 7) is 24.3. The number of carboxylic acids is 1. The average molecular weight is 992 g/mol. The Balaban J connectivity index is 0.000000221. The molecule has 6 aromatic rings. The van der Waals surface area contributed by atoms with Crippen LogP contribution in [0.2, 0.25) is 0 Å². The number of aromatic nitrogens is 4. The van der Waals surface area contributed by atoms with E-state index >= 15 is 0 Å². The maximum atomic E-state index is 14.5. The predicted molar refractivity (Wildman–Crippen MR) is 260 cm³/mol. The number of methoxy groups -OCH3 is 2. The number of likely N-dealkylation sites (tertiary alicyclic amines) is 1. The highest BCUT2D eigenvalue weighted by Gasteiger charge is 2.30. The van der Waals surface area contributed by atoms with Crippen LogP contribution in [0.3, 0.4) is 0 Å². The Hall–Kier alpha value is -8.23. The summed E-state index contributed by atoms with van der Waals surface area (Å²) in [5.41, 5.74) is 2.21. The van der Waals surface area contributed by atoms with Crippen molar-refractivity contribution in [2.45, 2.75) is 65.3 Å². The van der Waals surface area contributed by atoms with E-state index in [-0.39, 0.29) is 47.1 Å². The van der Waals surface area contributed by atoms with Gasteiger partial charge in [-0.05, 0) is 100 Å². The number of rotatable bonds is 11. The van der Waals surface area contributed by atoms with Gasteiger partial charge in [0.05, 0.1) is 33.4 Å². The Morgan fingerprint density at radius 1 is 0.750 bits per heavy atom. The average Bonchev–Trinajstić information content (AvgIpc) is 4.17. The maximum absolute atomic E-state index is 14.5. The fourth-order valence-electron chi connectivity index (χ4n) is 7.77. The van der Waals surface area contributed by atoms with E-state index in [1.54, 1.807) is 50.1 Å². The van der Waals surface area contributed by atoms with Gasteiger partial charge in [-0.1, -0.05) is 43.3 Å². The highest BCUT2D eigenvalue weighted by atomic mass is 19.1. The number of carboxylic acid groups (broad SMARTS) is 1. The first-order valence-corrected chi connectivity index (χ1v) is 22.7. The van der Waals surface area contributed by atoms with Crippen LogP contribution in [-0.4, -0.2) is 99.6 Å². The molecule has 2 saturated heterocycles. The molecule has 3 N–H and O–H groups in total. The van der Waals surface area contributed by atoms with Crippen molar-refractivity contribution >= 4 is 29.3 Å². The lowest BCUT2D eigenvalue weighted by Crippen LogP contribution is -2.41. The van der Waals surface area contributed by atoms with Crippen LogP contribution in [0, 0.1) is 42.3 Å². The second kappa shape index (κ2) is 23.6. The second-order valence-electron chi connectivity index (χ2n) is 17.9. The molecule has 4 aromatic carbocycles. The van der Waals surface area contributed by atoms with Gasteiger partial charge < -0.3 is 34.9 Å². The highest BCUT2D eigenvalue weighted by molar-refractivity contribution is 5.84. The predicted octanol–water partition coefficient (Wildman–Crippen LogP) is 9.94. The molecular weight excluding hydrogens is 939 g/mol. The zero-order valence-corrected chi connectivity index (χ0v) is 40.4. The number of carbonyl (C=O) groups is 3. The van der Waals surface area contributed by atoms with Gasteiger partial charge in [0.2, 0.25) is 17.3 Å². The number of carbonyl (C=O) groups excluding carboxylic acids is 2. The minimum absolute atomic E-state index is 0.0608. The largest absolute Gasteiger partial charge is 0.494 e. The third-order valence-corrected chi connectivity index (χ3v) is 11.3. The summed E-state index contributed by atoms with van der Waals surface area (Å²) < 4.78 is 74.9. The van der Waals surface area contributed by atoms with Gasteiger partial charge in [-0.2, -0.15) is 10.2 Å². The van der Waals surface area contributed by atoms with Crippen LogP contribution in [0.15, 0.2) is 85.2 Å². The molecule has 2 fully saturated rings. The van der Waals surface area contributed by atoms with Crippen molar-refractivity contribution < 1.29 is 51.3 Å². The number of hydrogen-bond donors (Lipinski definition) is 3. The van der Waals surface area contributed by atoms with Crippen molar-refractivity contribution in [3.8, 4) is 56.3 Å². The molecule has 20 heteroatoms. The number of nitrogens with one attached hydrogen (secondary N) is 2. The normalized spacial score (nSPS) is 15.0. The lowest BCUT2D eigenvalue weighted by molar-refractivity contribution is -0.138. The monoisotopic (exact) mass is 991 g/mol. The van der Waals surface area contributed by atoms with E-state index in [0.29, 0.717) is 58.6 Å². The highest BCUT2D eigenvalue weighted by Crippen LogP contribution is 2.37. The molecule has 2 aliphatic heterocycles. The first-order valence-electron chi connectivity index (χ1n) is 22.7. The van der Waals surface area contributed by atoms with E-state index < -0.39 is 47.5 Å². The molecule has 2 aromatic heterocycles. The van der Waals surface area contributed by atoms with Crippen molar-refractivity contribution in [1.82, 2.24) is 35.1 Å². The fraction of sp³-hybridized carbons (Fsp3) is 0.327. The smallest absolute Gasteiger partial charge is 0.407 e. The quantitative estimate of drug-likeness (QED) is 0.0839. The van der Waals surface area contributed by atoms with Gasteiger partial charge in [0, 0.05) is 47.7 Å². The number of benzene rings is 4. The molecule has 376 valence electrons. The third kappa shape index (κ3) is 13.8. The molecule has 0 saturated carbocycles. The summed E-state index contributed by atoms with van der Waals surface area (Å²) in [7, 11) is 2.71. The summed E-state index contributed by atoms with van der Waals surface area (Å²) in [5, 5.41) is 23.8. The Morgan fingerprint density at radius 2 is 1.24 bits per heavy atom. The van der Waals surface area contributed by atoms with Gasteiger partial charge in [0.15, 0.2) is 23.1 Å². The van der Waals surface area contributed by atoms with Crippen LogP contribution in [0.1, 0.15) is 40.5 Å². The number of halogens is 4. The minimum atomic E-state index is -1.11. The van der Waals surface area contributed by atoms with Crippen molar-refractivity contribution in [2.24, 2.45) is 5.92 Å². The number of aliphatic carboxylic acids is 1. The summed E-state index contributed by atoms with van der Waals surface area (Å²) in [6, 6.07) is 16.5. The maximum Gasteiger partial charge on any atom is 0.407 e.